The van der Waals surface area contributed by atoms with Gasteiger partial charge in [0.15, 0.2) is 11.8 Å². The van der Waals surface area contributed by atoms with Gasteiger partial charge in [-0.25, -0.2) is 4.79 Å². The van der Waals surface area contributed by atoms with E-state index in [4.69, 9.17) is 13.6 Å². The second-order valence-corrected chi connectivity index (χ2v) is 10.6. The first-order valence-electron chi connectivity index (χ1n) is 14.2. The molecule has 2 unspecified atom stereocenters. The van der Waals surface area contributed by atoms with Gasteiger partial charge in [0.1, 0.15) is 5.58 Å². The molecule has 3 aliphatic heterocycles. The summed E-state index contributed by atoms with van der Waals surface area (Å²) < 4.78 is 16.8. The lowest BCUT2D eigenvalue weighted by Gasteiger charge is -2.36. The Balaban J connectivity index is 1.00. The zero-order valence-corrected chi connectivity index (χ0v) is 23.2. The molecule has 0 N–H and O–H groups in total. The molecular weight excluding hydrogens is 520 g/mol. The second-order valence-electron chi connectivity index (χ2n) is 10.6. The highest BCUT2D eigenvalue weighted by molar-refractivity contribution is 5.96. The van der Waals surface area contributed by atoms with E-state index in [1.807, 2.05) is 25.1 Å². The minimum atomic E-state index is -0.512. The summed E-state index contributed by atoms with van der Waals surface area (Å²) in [5.41, 5.74) is 5.59. The molecule has 0 bridgehead atoms. The second kappa shape index (κ2) is 10.5. The third-order valence-electron chi connectivity index (χ3n) is 8.12. The fourth-order valence-corrected chi connectivity index (χ4v) is 6.05. The van der Waals surface area contributed by atoms with Crippen molar-refractivity contribution in [1.82, 2.24) is 15.1 Å². The predicted octanol–water partition coefficient (Wildman–Crippen LogP) is 4.33. The van der Waals surface area contributed by atoms with E-state index >= 15 is 0 Å². The Morgan fingerprint density at radius 1 is 1.05 bits per heavy atom. The van der Waals surface area contributed by atoms with Crippen molar-refractivity contribution in [3.8, 4) is 11.7 Å². The van der Waals surface area contributed by atoms with Crippen molar-refractivity contribution in [2.24, 2.45) is 4.99 Å². The summed E-state index contributed by atoms with van der Waals surface area (Å²) in [6.07, 6.45) is 6.97. The van der Waals surface area contributed by atoms with Gasteiger partial charge in [0, 0.05) is 56.3 Å². The number of hydrogen-bond acceptors (Lipinski definition) is 10. The number of carbonyl (C=O) groups excluding carboxylic acids is 1. The maximum Gasteiger partial charge on any atom is 0.333 e. The van der Waals surface area contributed by atoms with Crippen molar-refractivity contribution in [3.63, 3.8) is 0 Å². The number of ether oxygens (including phenoxy) is 1. The Morgan fingerprint density at radius 3 is 2.68 bits per heavy atom. The van der Waals surface area contributed by atoms with Gasteiger partial charge in [-0.2, -0.15) is 0 Å². The number of esters is 1. The molecule has 0 aliphatic carbocycles. The Hall–Kier alpha value is -4.44. The molecular formula is C31H32N6O4. The van der Waals surface area contributed by atoms with Crippen LogP contribution in [0.25, 0.3) is 28.7 Å². The molecule has 210 valence electrons. The molecule has 0 spiro atoms. The standard InChI is InChI=1S/C31H32N6O4/c1-3-39-31(38)29-26-11-10-22-21(6-4-8-25(22)37(26)19-32-29)12-13-35-14-16-36(17-15-35)24-7-5-9-27-23(24)18-28(41-27)30-34-33-20(2)40-30/h4-11,18-19,26,29H,3,12-17H2,1-2H3. The Bertz CT molecular complexity index is 1650. The molecule has 2 aromatic carbocycles. The van der Waals surface area contributed by atoms with Gasteiger partial charge in [-0.05, 0) is 43.2 Å². The summed E-state index contributed by atoms with van der Waals surface area (Å²) in [6.45, 7) is 8.78. The van der Waals surface area contributed by atoms with E-state index in [1.54, 1.807) is 13.3 Å². The molecule has 1 fully saturated rings. The minimum Gasteiger partial charge on any atom is -0.464 e. The van der Waals surface area contributed by atoms with Gasteiger partial charge in [0.2, 0.25) is 5.89 Å². The number of rotatable bonds is 7. The fraction of sp³-hybridized carbons (Fsp3) is 0.355. The van der Waals surface area contributed by atoms with Gasteiger partial charge in [-0.15, -0.1) is 10.2 Å². The molecule has 0 saturated carbocycles. The molecule has 0 radical (unpaired) electrons. The number of piperazine rings is 1. The van der Waals surface area contributed by atoms with Crippen molar-refractivity contribution in [2.75, 3.05) is 49.1 Å². The lowest BCUT2D eigenvalue weighted by molar-refractivity contribution is -0.144. The molecule has 2 aromatic heterocycles. The average molecular weight is 553 g/mol. The number of nitrogens with zero attached hydrogens (tertiary/aromatic N) is 6. The van der Waals surface area contributed by atoms with Gasteiger partial charge < -0.3 is 23.4 Å². The Morgan fingerprint density at radius 2 is 1.88 bits per heavy atom. The van der Waals surface area contributed by atoms with Crippen LogP contribution in [0.15, 0.2) is 62.4 Å². The van der Waals surface area contributed by atoms with Crippen molar-refractivity contribution in [3.05, 3.63) is 65.6 Å². The van der Waals surface area contributed by atoms with Crippen molar-refractivity contribution in [1.29, 1.82) is 0 Å². The number of aromatic nitrogens is 2. The summed E-state index contributed by atoms with van der Waals surface area (Å²) in [5, 5.41) is 9.09. The molecule has 2 atom stereocenters. The number of hydrogen-bond donors (Lipinski definition) is 0. The van der Waals surface area contributed by atoms with Gasteiger partial charge in [0.25, 0.3) is 5.89 Å². The lowest BCUT2D eigenvalue weighted by atomic mass is 9.95. The monoisotopic (exact) mass is 552 g/mol. The minimum absolute atomic E-state index is 0.128. The van der Waals surface area contributed by atoms with Crippen molar-refractivity contribution < 1.29 is 18.4 Å². The largest absolute Gasteiger partial charge is 0.464 e. The number of furan rings is 1. The fourth-order valence-electron chi connectivity index (χ4n) is 6.05. The number of carbonyl (C=O) groups is 1. The van der Waals surface area contributed by atoms with Crippen LogP contribution < -0.4 is 9.80 Å². The van der Waals surface area contributed by atoms with Crippen LogP contribution in [0, 0.1) is 6.92 Å². The van der Waals surface area contributed by atoms with E-state index in [-0.39, 0.29) is 12.0 Å². The van der Waals surface area contributed by atoms with E-state index < -0.39 is 6.04 Å². The molecule has 4 aromatic rings. The van der Waals surface area contributed by atoms with Crippen LogP contribution in [-0.4, -0.2) is 78.8 Å². The van der Waals surface area contributed by atoms with Crippen LogP contribution in [0.4, 0.5) is 11.4 Å². The normalized spacial score (nSPS) is 20.0. The molecule has 3 aliphatic rings. The average Bonchev–Trinajstić information content (AvgIpc) is 3.74. The van der Waals surface area contributed by atoms with E-state index in [1.165, 1.54) is 16.8 Å². The highest BCUT2D eigenvalue weighted by Crippen LogP contribution is 2.36. The van der Waals surface area contributed by atoms with Crippen molar-refractivity contribution >= 4 is 40.7 Å². The molecule has 10 nitrogen and oxygen atoms in total. The predicted molar refractivity (Wildman–Crippen MR) is 157 cm³/mol. The van der Waals surface area contributed by atoms with Crippen molar-refractivity contribution in [2.45, 2.75) is 32.4 Å². The lowest BCUT2D eigenvalue weighted by Crippen LogP contribution is -2.47. The van der Waals surface area contributed by atoms with Crippen LogP contribution in [-0.2, 0) is 16.0 Å². The highest BCUT2D eigenvalue weighted by atomic mass is 16.5. The summed E-state index contributed by atoms with van der Waals surface area (Å²) >= 11 is 0. The summed E-state index contributed by atoms with van der Waals surface area (Å²) in [4.78, 5) is 23.9. The van der Waals surface area contributed by atoms with E-state index in [2.05, 4.69) is 66.3 Å². The van der Waals surface area contributed by atoms with E-state index in [0.29, 0.717) is 24.1 Å². The molecule has 41 heavy (non-hydrogen) atoms. The van der Waals surface area contributed by atoms with Crippen LogP contribution in [0.1, 0.15) is 23.9 Å². The van der Waals surface area contributed by atoms with Crippen LogP contribution >= 0.6 is 0 Å². The maximum absolute atomic E-state index is 12.4. The molecule has 10 heteroatoms. The third-order valence-corrected chi connectivity index (χ3v) is 8.12. The zero-order chi connectivity index (χ0) is 27.9. The molecule has 7 rings (SSSR count). The number of aryl methyl sites for hydroxylation is 1. The zero-order valence-electron chi connectivity index (χ0n) is 23.2. The third kappa shape index (κ3) is 4.67. The number of benzene rings is 2. The summed E-state index contributed by atoms with van der Waals surface area (Å²) in [6, 6.07) is 13.9. The number of anilines is 2. The number of aliphatic imine (C=N–C) groups is 1. The van der Waals surface area contributed by atoms with E-state index in [9.17, 15) is 4.79 Å². The summed E-state index contributed by atoms with van der Waals surface area (Å²) in [5.74, 6) is 1.24. The van der Waals surface area contributed by atoms with Crippen LogP contribution in [0.5, 0.6) is 0 Å². The summed E-state index contributed by atoms with van der Waals surface area (Å²) in [7, 11) is 0. The molecule has 1 saturated heterocycles. The first-order valence-corrected chi connectivity index (χ1v) is 14.2. The quantitative estimate of drug-likeness (QED) is 0.310. The van der Waals surface area contributed by atoms with Gasteiger partial charge >= 0.3 is 5.97 Å². The number of fused-ring (bicyclic) bond motifs is 4. The molecule has 0 amide bonds. The Kier molecular flexibility index (Phi) is 6.54. The van der Waals surface area contributed by atoms with Gasteiger partial charge in [-0.1, -0.05) is 30.4 Å². The van der Waals surface area contributed by atoms with Gasteiger partial charge in [-0.3, -0.25) is 9.89 Å². The maximum atomic E-state index is 12.4. The van der Waals surface area contributed by atoms with Crippen LogP contribution in [0.3, 0.4) is 0 Å². The first-order chi connectivity index (χ1) is 20.1. The van der Waals surface area contributed by atoms with Crippen LogP contribution in [0.2, 0.25) is 0 Å². The SMILES string of the molecule is CCOC(=O)C1N=CN2c3cccc(CCN4CCN(c5cccc6oc(-c7nnc(C)o7)cc56)CC4)c3C=CC12. The highest BCUT2D eigenvalue weighted by Gasteiger charge is 2.38. The van der Waals surface area contributed by atoms with Gasteiger partial charge in [0.05, 0.1) is 24.7 Å². The molecule has 5 heterocycles. The smallest absolute Gasteiger partial charge is 0.333 e. The Labute approximate surface area is 237 Å². The van der Waals surface area contributed by atoms with E-state index in [0.717, 1.165) is 55.8 Å². The topological polar surface area (TPSA) is 100 Å². The first kappa shape index (κ1) is 25.5.